The van der Waals surface area contributed by atoms with Gasteiger partial charge in [0.1, 0.15) is 0 Å². The second-order valence-corrected chi connectivity index (χ2v) is 8.76. The van der Waals surface area contributed by atoms with Crippen LogP contribution in [0.2, 0.25) is 0 Å². The van der Waals surface area contributed by atoms with E-state index in [-0.39, 0.29) is 11.7 Å². The molecule has 0 aromatic rings. The lowest BCUT2D eigenvalue weighted by atomic mass is 9.62. The van der Waals surface area contributed by atoms with Gasteiger partial charge in [0, 0.05) is 11.3 Å². The van der Waals surface area contributed by atoms with E-state index in [0.29, 0.717) is 29.6 Å². The first kappa shape index (κ1) is 17.2. The highest BCUT2D eigenvalue weighted by molar-refractivity contribution is 5.14. The Balaban J connectivity index is 1.71. The molecule has 2 heteroatoms. The van der Waals surface area contributed by atoms with Gasteiger partial charge in [-0.2, -0.15) is 0 Å². The summed E-state index contributed by atoms with van der Waals surface area (Å²) in [7, 11) is 0. The van der Waals surface area contributed by atoms with E-state index >= 15 is 0 Å². The molecule has 0 bridgehead atoms. The van der Waals surface area contributed by atoms with Gasteiger partial charge >= 0.3 is 0 Å². The van der Waals surface area contributed by atoms with E-state index in [9.17, 15) is 0 Å². The first-order valence-electron chi connectivity index (χ1n) is 9.41. The van der Waals surface area contributed by atoms with Gasteiger partial charge in [-0.1, -0.05) is 51.0 Å². The first-order valence-corrected chi connectivity index (χ1v) is 9.41. The molecule has 0 saturated carbocycles. The van der Waals surface area contributed by atoms with Gasteiger partial charge in [-0.25, -0.2) is 0 Å². The van der Waals surface area contributed by atoms with Crippen molar-refractivity contribution in [2.45, 2.75) is 60.7 Å². The second kappa shape index (κ2) is 6.37. The van der Waals surface area contributed by atoms with Crippen molar-refractivity contribution in [2.75, 3.05) is 13.2 Å². The van der Waals surface area contributed by atoms with Crippen LogP contribution >= 0.6 is 0 Å². The van der Waals surface area contributed by atoms with Crippen LogP contribution in [-0.4, -0.2) is 19.5 Å². The third kappa shape index (κ3) is 3.05. The van der Waals surface area contributed by atoms with Crippen LogP contribution in [0, 0.1) is 35.0 Å². The summed E-state index contributed by atoms with van der Waals surface area (Å²) in [5, 5.41) is 0. The SMILES string of the molecule is CC1=C[C@@H](C)[C@@H](C2OCC3(CO2)[C@@H](C)C=C(C)C[C@@H]3C)[C@H](C)C1. The molecule has 0 amide bonds. The molecule has 23 heavy (non-hydrogen) atoms. The molecular weight excluding hydrogens is 284 g/mol. The summed E-state index contributed by atoms with van der Waals surface area (Å²) in [6.45, 7) is 15.6. The van der Waals surface area contributed by atoms with E-state index in [1.807, 2.05) is 0 Å². The lowest BCUT2D eigenvalue weighted by Gasteiger charge is -2.51. The van der Waals surface area contributed by atoms with Crippen LogP contribution in [0.15, 0.2) is 23.3 Å². The highest BCUT2D eigenvalue weighted by Gasteiger charge is 2.48. The van der Waals surface area contributed by atoms with Crippen molar-refractivity contribution in [3.8, 4) is 0 Å². The maximum Gasteiger partial charge on any atom is 0.161 e. The van der Waals surface area contributed by atoms with E-state index in [1.54, 1.807) is 0 Å². The fourth-order valence-corrected chi connectivity index (χ4v) is 5.44. The van der Waals surface area contributed by atoms with Crippen molar-refractivity contribution in [2.24, 2.45) is 35.0 Å². The van der Waals surface area contributed by atoms with Gasteiger partial charge in [-0.3, -0.25) is 0 Å². The van der Waals surface area contributed by atoms with Crippen LogP contribution in [0.3, 0.4) is 0 Å². The van der Waals surface area contributed by atoms with Gasteiger partial charge < -0.3 is 9.47 Å². The highest BCUT2D eigenvalue weighted by atomic mass is 16.7. The van der Waals surface area contributed by atoms with Crippen LogP contribution in [0.1, 0.15) is 54.4 Å². The summed E-state index contributed by atoms with van der Waals surface area (Å²) in [6, 6.07) is 0. The summed E-state index contributed by atoms with van der Waals surface area (Å²) in [4.78, 5) is 0. The Morgan fingerprint density at radius 2 is 1.52 bits per heavy atom. The molecule has 2 aliphatic carbocycles. The van der Waals surface area contributed by atoms with Crippen LogP contribution in [0.5, 0.6) is 0 Å². The molecule has 1 heterocycles. The third-order valence-corrected chi connectivity index (χ3v) is 6.85. The van der Waals surface area contributed by atoms with Crippen molar-refractivity contribution in [3.63, 3.8) is 0 Å². The van der Waals surface area contributed by atoms with E-state index in [2.05, 4.69) is 53.7 Å². The Bertz CT molecular complexity index is 496. The molecule has 0 N–H and O–H groups in total. The number of ether oxygens (including phenoxy) is 2. The van der Waals surface area contributed by atoms with Crippen molar-refractivity contribution in [3.05, 3.63) is 23.3 Å². The van der Waals surface area contributed by atoms with E-state index in [0.717, 1.165) is 13.2 Å². The molecule has 130 valence electrons. The van der Waals surface area contributed by atoms with Gasteiger partial charge in [0.2, 0.25) is 0 Å². The second-order valence-electron chi connectivity index (χ2n) is 8.76. The summed E-state index contributed by atoms with van der Waals surface area (Å²) >= 11 is 0. The van der Waals surface area contributed by atoms with Crippen molar-refractivity contribution in [1.82, 2.24) is 0 Å². The van der Waals surface area contributed by atoms with Gasteiger partial charge in [0.25, 0.3) is 0 Å². The molecule has 0 unspecified atom stereocenters. The quantitative estimate of drug-likeness (QED) is 0.618. The topological polar surface area (TPSA) is 18.5 Å². The van der Waals surface area contributed by atoms with Crippen molar-refractivity contribution < 1.29 is 9.47 Å². The Hall–Kier alpha value is -0.600. The largest absolute Gasteiger partial charge is 0.352 e. The van der Waals surface area contributed by atoms with E-state index in [4.69, 9.17) is 9.47 Å². The molecule has 0 aromatic carbocycles. The fraction of sp³-hybridized carbons (Fsp3) is 0.810. The minimum absolute atomic E-state index is 0.0265. The van der Waals surface area contributed by atoms with Crippen molar-refractivity contribution >= 4 is 0 Å². The highest BCUT2D eigenvalue weighted by Crippen LogP contribution is 2.48. The molecule has 0 aromatic heterocycles. The Morgan fingerprint density at radius 1 is 0.913 bits per heavy atom. The lowest BCUT2D eigenvalue weighted by molar-refractivity contribution is -0.277. The van der Waals surface area contributed by atoms with Gasteiger partial charge in [-0.15, -0.1) is 0 Å². The zero-order chi connectivity index (χ0) is 16.8. The minimum atomic E-state index is -0.0265. The van der Waals surface area contributed by atoms with Gasteiger partial charge in [0.05, 0.1) is 13.2 Å². The van der Waals surface area contributed by atoms with Crippen LogP contribution in [-0.2, 0) is 9.47 Å². The van der Waals surface area contributed by atoms with E-state index < -0.39 is 0 Å². The third-order valence-electron chi connectivity index (χ3n) is 6.85. The molecule has 3 rings (SSSR count). The normalized spacial score (nSPS) is 48.1. The van der Waals surface area contributed by atoms with Crippen LogP contribution < -0.4 is 0 Å². The predicted octanol–water partition coefficient (Wildman–Crippen LogP) is 5.21. The van der Waals surface area contributed by atoms with E-state index in [1.165, 1.54) is 24.0 Å². The average Bonchev–Trinajstić information content (AvgIpc) is 2.45. The number of rotatable bonds is 1. The Kier molecular flexibility index (Phi) is 4.77. The van der Waals surface area contributed by atoms with Gasteiger partial charge in [0.15, 0.2) is 6.29 Å². The molecule has 1 aliphatic heterocycles. The first-order chi connectivity index (χ1) is 10.8. The Labute approximate surface area is 142 Å². The maximum atomic E-state index is 6.38. The molecule has 1 fully saturated rings. The molecule has 3 aliphatic rings. The average molecular weight is 319 g/mol. The maximum absolute atomic E-state index is 6.38. The lowest BCUT2D eigenvalue weighted by Crippen LogP contribution is -2.53. The van der Waals surface area contributed by atoms with Crippen LogP contribution in [0.4, 0.5) is 0 Å². The van der Waals surface area contributed by atoms with Gasteiger partial charge in [-0.05, 0) is 50.4 Å². The zero-order valence-corrected chi connectivity index (χ0v) is 15.8. The molecule has 1 saturated heterocycles. The monoisotopic (exact) mass is 318 g/mol. The summed E-state index contributed by atoms with van der Waals surface area (Å²) in [6.07, 6.45) is 7.18. The number of hydrogen-bond donors (Lipinski definition) is 0. The molecule has 0 radical (unpaired) electrons. The van der Waals surface area contributed by atoms with Crippen LogP contribution in [0.25, 0.3) is 0 Å². The summed E-state index contributed by atoms with van der Waals surface area (Å²) < 4.78 is 12.8. The summed E-state index contributed by atoms with van der Waals surface area (Å²) in [5.41, 5.74) is 3.21. The number of hydrogen-bond acceptors (Lipinski definition) is 2. The van der Waals surface area contributed by atoms with Crippen molar-refractivity contribution in [1.29, 1.82) is 0 Å². The molecule has 1 spiro atoms. The minimum Gasteiger partial charge on any atom is -0.352 e. The molecular formula is C21H34O2. The standard InChI is InChI=1S/C21H34O2/c1-13-7-15(3)19(16(4)8-13)20-22-11-21(12-23-20)17(5)9-14(2)10-18(21)6/h7,9,15-20H,8,10-12H2,1-6H3/t15-,16-,17+,18+,19-,20?,21?/m1/s1. The molecule has 5 atom stereocenters. The molecule has 2 nitrogen and oxygen atoms in total. The Morgan fingerprint density at radius 3 is 2.09 bits per heavy atom. The predicted molar refractivity (Wildman–Crippen MR) is 95.0 cm³/mol. The number of allylic oxidation sites excluding steroid dienone is 4. The zero-order valence-electron chi connectivity index (χ0n) is 15.8. The fourth-order valence-electron chi connectivity index (χ4n) is 5.44. The smallest absolute Gasteiger partial charge is 0.161 e. The summed E-state index contributed by atoms with van der Waals surface area (Å²) in [5.74, 6) is 2.84.